The molecule has 1 aromatic carbocycles. The Balaban J connectivity index is 0.000000303. The fourth-order valence-corrected chi connectivity index (χ4v) is 4.67. The van der Waals surface area contributed by atoms with E-state index in [1.165, 1.54) is 36.9 Å². The average molecular weight is 620 g/mol. The molecule has 0 unspecified atom stereocenters. The van der Waals surface area contributed by atoms with Crippen molar-refractivity contribution in [2.75, 3.05) is 25.5 Å². The molecule has 0 amide bonds. The van der Waals surface area contributed by atoms with E-state index in [1.54, 1.807) is 0 Å². The molecule has 10 nitrogen and oxygen atoms in total. The second-order valence-corrected chi connectivity index (χ2v) is 10.1. The fraction of sp³-hybridized carbons (Fsp3) is 0.481. The van der Waals surface area contributed by atoms with Gasteiger partial charge in [0.25, 0.3) is 0 Å². The molecule has 0 bridgehead atoms. The van der Waals surface area contributed by atoms with Crippen LogP contribution in [-0.2, 0) is 29.2 Å². The maximum atomic E-state index is 10.6. The van der Waals surface area contributed by atoms with Gasteiger partial charge in [0, 0.05) is 69.2 Å². The van der Waals surface area contributed by atoms with Crippen LogP contribution in [0, 0.1) is 0 Å². The van der Waals surface area contributed by atoms with Crippen molar-refractivity contribution in [3.63, 3.8) is 0 Å². The van der Waals surface area contributed by atoms with Gasteiger partial charge in [-0.05, 0) is 25.0 Å². The zero-order valence-electron chi connectivity index (χ0n) is 23.3. The smallest absolute Gasteiger partial charge is 0.487 e. The van der Waals surface area contributed by atoms with Crippen LogP contribution >= 0.6 is 0 Å². The quantitative estimate of drug-likeness (QED) is 0.383. The summed E-state index contributed by atoms with van der Waals surface area (Å²) in [7, 11) is 4.06. The largest absolute Gasteiger partial charge is 0.490 e. The molecule has 1 fully saturated rings. The topological polar surface area (TPSA) is 121 Å². The van der Waals surface area contributed by atoms with Crippen LogP contribution in [0.3, 0.4) is 0 Å². The third-order valence-electron chi connectivity index (χ3n) is 6.78. The molecule has 5 rings (SSSR count). The van der Waals surface area contributed by atoms with Gasteiger partial charge >= 0.3 is 24.3 Å². The molecule has 1 aliphatic carbocycles. The van der Waals surface area contributed by atoms with Gasteiger partial charge in [-0.25, -0.2) is 19.1 Å². The van der Waals surface area contributed by atoms with E-state index < -0.39 is 24.3 Å². The Morgan fingerprint density at radius 1 is 1.02 bits per heavy atom. The van der Waals surface area contributed by atoms with Crippen LogP contribution in [0.2, 0.25) is 0 Å². The number of alkyl halides is 6. The molecule has 0 radical (unpaired) electrons. The highest BCUT2D eigenvalue weighted by molar-refractivity contribution is 5.73. The van der Waals surface area contributed by atoms with E-state index in [2.05, 4.69) is 27.0 Å². The normalized spacial score (nSPS) is 15.5. The van der Waals surface area contributed by atoms with E-state index in [9.17, 15) is 26.3 Å². The lowest BCUT2D eigenvalue weighted by Crippen LogP contribution is -2.38. The lowest BCUT2D eigenvalue weighted by Gasteiger charge is -2.33. The molecule has 43 heavy (non-hydrogen) atoms. The van der Waals surface area contributed by atoms with Crippen molar-refractivity contribution in [2.24, 2.45) is 0 Å². The minimum atomic E-state index is -5.08. The van der Waals surface area contributed by atoms with Gasteiger partial charge in [-0.2, -0.15) is 31.4 Å². The number of ether oxygens (including phenoxy) is 1. The van der Waals surface area contributed by atoms with Gasteiger partial charge in [0.2, 0.25) is 0 Å². The average Bonchev–Trinajstić information content (AvgIpc) is 3.62. The minimum Gasteiger partial charge on any atom is -0.487 e. The number of carboxylic acid groups (broad SMARTS) is 2. The molecule has 1 saturated carbocycles. The number of anilines is 1. The third-order valence-corrected chi connectivity index (χ3v) is 6.78. The third kappa shape index (κ3) is 9.46. The zero-order valence-corrected chi connectivity index (χ0v) is 23.3. The van der Waals surface area contributed by atoms with Crippen LogP contribution in [0.4, 0.5) is 32.0 Å². The van der Waals surface area contributed by atoms with Crippen molar-refractivity contribution in [1.29, 1.82) is 0 Å². The number of fused-ring (bicyclic) bond motifs is 3. The Bertz CT molecular complexity index is 1380. The lowest BCUT2D eigenvalue weighted by molar-refractivity contribution is -0.193. The molecule has 3 heterocycles. The number of hydrogen-bond donors (Lipinski definition) is 2. The van der Waals surface area contributed by atoms with Crippen LogP contribution < -0.4 is 9.64 Å². The fourth-order valence-electron chi connectivity index (χ4n) is 4.67. The van der Waals surface area contributed by atoms with Crippen molar-refractivity contribution in [3.8, 4) is 5.75 Å². The molecule has 2 aliphatic rings. The maximum absolute atomic E-state index is 10.6. The highest BCUT2D eigenvalue weighted by Crippen LogP contribution is 2.29. The molecule has 2 aromatic heterocycles. The molecular weight excluding hydrogens is 588 g/mol. The molecule has 2 N–H and O–H groups in total. The SMILES string of the molecule is CN(C)c1cccc(OCc2cc3ncc4c(n3n2)CCN(C2CCCC2)C4)c1.O=C(O)C(F)(F)F.O=C(O)C(F)(F)F. The van der Waals surface area contributed by atoms with Gasteiger partial charge < -0.3 is 19.8 Å². The van der Waals surface area contributed by atoms with Gasteiger partial charge in [-0.1, -0.05) is 18.9 Å². The van der Waals surface area contributed by atoms with Crippen molar-refractivity contribution >= 4 is 23.3 Å². The summed E-state index contributed by atoms with van der Waals surface area (Å²) in [5.74, 6) is -4.66. The monoisotopic (exact) mass is 619 g/mol. The molecule has 0 atom stereocenters. The van der Waals surface area contributed by atoms with Crippen LogP contribution in [0.15, 0.2) is 36.5 Å². The second kappa shape index (κ2) is 13.9. The summed E-state index contributed by atoms with van der Waals surface area (Å²) in [5.41, 5.74) is 5.59. The number of halogens is 6. The standard InChI is InChI=1S/C23H29N5O.2C2HF3O2/c1-26(2)20-8-5-9-21(13-20)29-16-18-12-23-24-14-17-15-27(19-6-3-4-7-19)11-10-22(17)28(23)25-18;2*3-2(4,5)1(6)7/h5,8-9,12-14,19H,3-4,6-7,10-11,15-16H2,1-2H3;2*(H,6,7). The molecule has 0 spiro atoms. The predicted octanol–water partition coefficient (Wildman–Crippen LogP) is 4.94. The number of carboxylic acids is 2. The van der Waals surface area contributed by atoms with Crippen LogP contribution in [-0.4, -0.2) is 80.7 Å². The van der Waals surface area contributed by atoms with Crippen molar-refractivity contribution < 1.29 is 50.9 Å². The maximum Gasteiger partial charge on any atom is 0.490 e. The number of rotatable bonds is 5. The Hall–Kier alpha value is -4.08. The summed E-state index contributed by atoms with van der Waals surface area (Å²) in [4.78, 5) is 27.2. The molecular formula is C27H31F6N5O5. The van der Waals surface area contributed by atoms with Gasteiger partial charge in [-0.3, -0.25) is 4.90 Å². The molecule has 3 aromatic rings. The molecule has 1 aliphatic heterocycles. The van der Waals surface area contributed by atoms with Crippen LogP contribution in [0.25, 0.3) is 5.65 Å². The number of hydrogen-bond acceptors (Lipinski definition) is 7. The Morgan fingerprint density at radius 3 is 2.19 bits per heavy atom. The van der Waals surface area contributed by atoms with Gasteiger partial charge in [-0.15, -0.1) is 0 Å². The summed E-state index contributed by atoms with van der Waals surface area (Å²) in [6.07, 6.45) is -1.61. The van der Waals surface area contributed by atoms with E-state index in [-0.39, 0.29) is 0 Å². The first kappa shape index (κ1) is 33.4. The highest BCUT2D eigenvalue weighted by Gasteiger charge is 2.39. The van der Waals surface area contributed by atoms with E-state index in [0.29, 0.717) is 6.61 Å². The second-order valence-electron chi connectivity index (χ2n) is 10.1. The number of benzene rings is 1. The van der Waals surface area contributed by atoms with E-state index >= 15 is 0 Å². The number of aliphatic carboxylic acids is 2. The molecule has 236 valence electrons. The van der Waals surface area contributed by atoms with Crippen molar-refractivity contribution in [3.05, 3.63) is 53.5 Å². The molecule has 0 saturated heterocycles. The van der Waals surface area contributed by atoms with Crippen LogP contribution in [0.5, 0.6) is 5.75 Å². The summed E-state index contributed by atoms with van der Waals surface area (Å²) >= 11 is 0. The summed E-state index contributed by atoms with van der Waals surface area (Å²) < 4.78 is 71.5. The van der Waals surface area contributed by atoms with Crippen molar-refractivity contribution in [1.82, 2.24) is 19.5 Å². The number of carbonyl (C=O) groups is 2. The first-order valence-electron chi connectivity index (χ1n) is 13.2. The first-order chi connectivity index (χ1) is 20.1. The van der Waals surface area contributed by atoms with E-state index in [4.69, 9.17) is 29.6 Å². The van der Waals surface area contributed by atoms with Gasteiger partial charge in [0.05, 0.1) is 5.69 Å². The Morgan fingerprint density at radius 2 is 1.63 bits per heavy atom. The Kier molecular flexibility index (Phi) is 10.8. The number of aromatic nitrogens is 3. The van der Waals surface area contributed by atoms with Gasteiger partial charge in [0.1, 0.15) is 18.1 Å². The lowest BCUT2D eigenvalue weighted by atomic mass is 10.0. The van der Waals surface area contributed by atoms with E-state index in [1.807, 2.05) is 42.9 Å². The summed E-state index contributed by atoms with van der Waals surface area (Å²) in [6.45, 7) is 2.58. The summed E-state index contributed by atoms with van der Waals surface area (Å²) in [6, 6.07) is 10.9. The molecule has 16 heteroatoms. The van der Waals surface area contributed by atoms with Crippen molar-refractivity contribution in [2.45, 2.75) is 63.7 Å². The zero-order chi connectivity index (χ0) is 31.9. The Labute approximate surface area is 242 Å². The van der Waals surface area contributed by atoms with Crippen LogP contribution in [0.1, 0.15) is 42.6 Å². The predicted molar refractivity (Wildman–Crippen MR) is 142 cm³/mol. The van der Waals surface area contributed by atoms with E-state index in [0.717, 1.165) is 48.3 Å². The number of nitrogens with zero attached hydrogens (tertiary/aromatic N) is 5. The first-order valence-corrected chi connectivity index (χ1v) is 13.2. The highest BCUT2D eigenvalue weighted by atomic mass is 19.4. The summed E-state index contributed by atoms with van der Waals surface area (Å²) in [5, 5.41) is 19.1. The van der Waals surface area contributed by atoms with Gasteiger partial charge in [0.15, 0.2) is 5.65 Å². The minimum absolute atomic E-state index is 0.448.